The number of aromatic nitrogens is 2. The molecule has 0 aliphatic heterocycles. The third kappa shape index (κ3) is 3.68. The Balaban J connectivity index is 0.00000180. The van der Waals surface area contributed by atoms with Gasteiger partial charge in [-0.3, -0.25) is 0 Å². The highest BCUT2D eigenvalue weighted by Gasteiger charge is 2.30. The number of nitrogens with two attached hydrogens (primary N) is 1. The summed E-state index contributed by atoms with van der Waals surface area (Å²) in [4.78, 5) is 3.97. The quantitative estimate of drug-likeness (QED) is 0.945. The first-order valence-corrected chi connectivity index (χ1v) is 5.21. The van der Waals surface area contributed by atoms with Gasteiger partial charge in [-0.2, -0.15) is 18.2 Å². The summed E-state index contributed by atoms with van der Waals surface area (Å²) in [6, 6.07) is 4.77. The molecule has 0 unspecified atom stereocenters. The molecule has 8 heteroatoms. The molecule has 0 saturated carbocycles. The zero-order valence-corrected chi connectivity index (χ0v) is 10.5. The molecule has 19 heavy (non-hydrogen) atoms. The van der Waals surface area contributed by atoms with Gasteiger partial charge in [-0.15, -0.1) is 12.4 Å². The lowest BCUT2D eigenvalue weighted by atomic mass is 10.1. The molecular formula is C11H11ClF3N3O. The van der Waals surface area contributed by atoms with Crippen LogP contribution in [0.5, 0.6) is 0 Å². The number of alkyl halides is 3. The Morgan fingerprint density at radius 1 is 1.26 bits per heavy atom. The lowest BCUT2D eigenvalue weighted by molar-refractivity contribution is -0.137. The van der Waals surface area contributed by atoms with Crippen molar-refractivity contribution in [2.45, 2.75) is 12.6 Å². The van der Waals surface area contributed by atoms with E-state index in [9.17, 15) is 13.2 Å². The molecule has 1 heterocycles. The van der Waals surface area contributed by atoms with Crippen molar-refractivity contribution in [2.24, 2.45) is 5.73 Å². The molecule has 0 bridgehead atoms. The molecule has 4 nitrogen and oxygen atoms in total. The van der Waals surface area contributed by atoms with Gasteiger partial charge in [0.15, 0.2) is 0 Å². The summed E-state index contributed by atoms with van der Waals surface area (Å²) in [5.41, 5.74) is 4.83. The van der Waals surface area contributed by atoms with Gasteiger partial charge in [-0.1, -0.05) is 17.3 Å². The maximum absolute atomic E-state index is 12.5. The van der Waals surface area contributed by atoms with Gasteiger partial charge in [-0.05, 0) is 12.1 Å². The Morgan fingerprint density at radius 2 is 2.00 bits per heavy atom. The largest absolute Gasteiger partial charge is 0.416 e. The smallest absolute Gasteiger partial charge is 0.339 e. The summed E-state index contributed by atoms with van der Waals surface area (Å²) >= 11 is 0. The molecule has 0 aliphatic carbocycles. The molecule has 0 saturated heterocycles. The van der Waals surface area contributed by atoms with Gasteiger partial charge in [0.25, 0.3) is 0 Å². The minimum absolute atomic E-state index is 0. The molecule has 2 N–H and O–H groups in total. The van der Waals surface area contributed by atoms with Gasteiger partial charge < -0.3 is 10.3 Å². The molecule has 2 aromatic rings. The highest BCUT2D eigenvalue weighted by molar-refractivity contribution is 5.85. The van der Waals surface area contributed by atoms with E-state index >= 15 is 0 Å². The molecule has 1 aromatic heterocycles. The molecule has 104 valence electrons. The van der Waals surface area contributed by atoms with Crippen molar-refractivity contribution >= 4 is 12.4 Å². The van der Waals surface area contributed by atoms with Crippen LogP contribution in [0.4, 0.5) is 13.2 Å². The summed E-state index contributed by atoms with van der Waals surface area (Å²) < 4.78 is 42.4. The fourth-order valence-corrected chi connectivity index (χ4v) is 1.43. The van der Waals surface area contributed by atoms with E-state index in [4.69, 9.17) is 10.3 Å². The van der Waals surface area contributed by atoms with Crippen molar-refractivity contribution in [3.63, 3.8) is 0 Å². The summed E-state index contributed by atoms with van der Waals surface area (Å²) in [6.07, 6.45) is -3.99. The van der Waals surface area contributed by atoms with Crippen molar-refractivity contribution in [1.29, 1.82) is 0 Å². The molecule has 0 radical (unpaired) electrons. The molecular weight excluding hydrogens is 283 g/mol. The minimum atomic E-state index is -4.39. The molecule has 0 aliphatic rings. The van der Waals surface area contributed by atoms with Crippen LogP contribution in [0.15, 0.2) is 28.8 Å². The molecule has 2 rings (SSSR count). The zero-order chi connectivity index (χ0) is 13.2. The Hall–Kier alpha value is -1.60. The van der Waals surface area contributed by atoms with Crippen LogP contribution in [0, 0.1) is 0 Å². The zero-order valence-electron chi connectivity index (χ0n) is 9.65. The maximum atomic E-state index is 12.5. The number of halogens is 4. The van der Waals surface area contributed by atoms with Crippen LogP contribution in [-0.2, 0) is 12.6 Å². The van der Waals surface area contributed by atoms with Gasteiger partial charge in [0, 0.05) is 18.5 Å². The Labute approximate surface area is 113 Å². The Morgan fingerprint density at radius 3 is 2.63 bits per heavy atom. The van der Waals surface area contributed by atoms with E-state index in [1.54, 1.807) is 0 Å². The van der Waals surface area contributed by atoms with Crippen LogP contribution < -0.4 is 5.73 Å². The Kier molecular flexibility index (Phi) is 4.90. The molecule has 0 atom stereocenters. The van der Waals surface area contributed by atoms with Crippen molar-refractivity contribution < 1.29 is 17.7 Å². The molecule has 0 amide bonds. The lowest BCUT2D eigenvalue weighted by Gasteiger charge is -2.06. The predicted molar refractivity (Wildman–Crippen MR) is 64.7 cm³/mol. The average molecular weight is 294 g/mol. The van der Waals surface area contributed by atoms with E-state index in [2.05, 4.69) is 10.1 Å². The second kappa shape index (κ2) is 6.03. The molecule has 0 fully saturated rings. The average Bonchev–Trinajstić information content (AvgIpc) is 2.77. The first-order valence-electron chi connectivity index (χ1n) is 5.21. The number of rotatable bonds is 3. The van der Waals surface area contributed by atoms with Crippen LogP contribution in [0.2, 0.25) is 0 Å². The monoisotopic (exact) mass is 293 g/mol. The summed E-state index contributed by atoms with van der Waals surface area (Å²) in [5, 5.41) is 3.62. The number of benzene rings is 1. The topological polar surface area (TPSA) is 64.9 Å². The third-order valence-corrected chi connectivity index (χ3v) is 2.27. The van der Waals surface area contributed by atoms with Crippen molar-refractivity contribution in [3.8, 4) is 11.4 Å². The van der Waals surface area contributed by atoms with Crippen LogP contribution in [0.1, 0.15) is 11.5 Å². The van der Waals surface area contributed by atoms with Gasteiger partial charge in [0.05, 0.1) is 5.56 Å². The van der Waals surface area contributed by atoms with Crippen LogP contribution in [-0.4, -0.2) is 16.7 Å². The SMILES string of the molecule is Cl.NCCc1nc(-c2cccc(C(F)(F)F)c2)no1. The summed E-state index contributed by atoms with van der Waals surface area (Å²) in [5.74, 6) is 0.439. The first kappa shape index (κ1) is 15.5. The summed E-state index contributed by atoms with van der Waals surface area (Å²) in [7, 11) is 0. The van der Waals surface area contributed by atoms with Crippen molar-refractivity contribution in [3.05, 3.63) is 35.7 Å². The normalized spacial score (nSPS) is 11.2. The van der Waals surface area contributed by atoms with Crippen LogP contribution in [0.25, 0.3) is 11.4 Å². The van der Waals surface area contributed by atoms with E-state index in [0.717, 1.165) is 12.1 Å². The molecule has 0 spiro atoms. The van der Waals surface area contributed by atoms with Gasteiger partial charge in [-0.25, -0.2) is 0 Å². The van der Waals surface area contributed by atoms with Gasteiger partial charge >= 0.3 is 6.18 Å². The fraction of sp³-hybridized carbons (Fsp3) is 0.273. The van der Waals surface area contributed by atoms with Gasteiger partial charge in [0.1, 0.15) is 0 Å². The van der Waals surface area contributed by atoms with E-state index in [0.29, 0.717) is 18.9 Å². The maximum Gasteiger partial charge on any atom is 0.416 e. The number of hydrogen-bond acceptors (Lipinski definition) is 4. The predicted octanol–water partition coefficient (Wildman–Crippen LogP) is 2.68. The Bertz CT molecular complexity index is 542. The van der Waals surface area contributed by atoms with Crippen molar-refractivity contribution in [2.75, 3.05) is 6.54 Å². The summed E-state index contributed by atoms with van der Waals surface area (Å²) in [6.45, 7) is 0.338. The fourth-order valence-electron chi connectivity index (χ4n) is 1.43. The van der Waals surface area contributed by atoms with E-state index in [1.807, 2.05) is 0 Å². The minimum Gasteiger partial charge on any atom is -0.339 e. The van der Waals surface area contributed by atoms with Crippen molar-refractivity contribution in [1.82, 2.24) is 10.1 Å². The molecule has 1 aromatic carbocycles. The van der Waals surface area contributed by atoms with E-state index in [-0.39, 0.29) is 23.8 Å². The second-order valence-corrected chi connectivity index (χ2v) is 3.63. The highest BCUT2D eigenvalue weighted by atomic mass is 35.5. The van der Waals surface area contributed by atoms with Crippen LogP contribution in [0.3, 0.4) is 0 Å². The highest BCUT2D eigenvalue weighted by Crippen LogP contribution is 2.31. The van der Waals surface area contributed by atoms with Gasteiger partial charge in [0.2, 0.25) is 11.7 Å². The van der Waals surface area contributed by atoms with E-state index < -0.39 is 11.7 Å². The van der Waals surface area contributed by atoms with Crippen LogP contribution >= 0.6 is 12.4 Å². The third-order valence-electron chi connectivity index (χ3n) is 2.27. The number of nitrogens with zero attached hydrogens (tertiary/aromatic N) is 2. The standard InChI is InChI=1S/C11H10F3N3O.ClH/c12-11(13,14)8-3-1-2-7(6-8)10-16-9(4-5-15)18-17-10;/h1-3,6H,4-5,15H2;1H. The second-order valence-electron chi connectivity index (χ2n) is 3.63. The van der Waals surface area contributed by atoms with E-state index in [1.165, 1.54) is 12.1 Å². The number of hydrogen-bond donors (Lipinski definition) is 1. The lowest BCUT2D eigenvalue weighted by Crippen LogP contribution is -2.04. The first-order chi connectivity index (χ1) is 8.50.